The molecule has 0 aliphatic rings. The van der Waals surface area contributed by atoms with E-state index in [1.165, 1.54) is 18.2 Å². The molecule has 0 saturated carbocycles. The SMILES string of the molecule is CCOc1cc(OC(=O)CO)ccc1O. The number of phenols is 1. The first kappa shape index (κ1) is 11.3. The minimum absolute atomic E-state index is 0.0272. The van der Waals surface area contributed by atoms with E-state index in [1.807, 2.05) is 0 Å². The molecule has 0 saturated heterocycles. The van der Waals surface area contributed by atoms with Gasteiger partial charge in [-0.3, -0.25) is 0 Å². The Morgan fingerprint density at radius 2 is 2.20 bits per heavy atom. The molecule has 0 atom stereocenters. The molecule has 1 rings (SSSR count). The first-order chi connectivity index (χ1) is 7.17. The molecular weight excluding hydrogens is 200 g/mol. The summed E-state index contributed by atoms with van der Waals surface area (Å²) in [4.78, 5) is 10.8. The van der Waals surface area contributed by atoms with Gasteiger partial charge >= 0.3 is 5.97 Å². The third-order valence-corrected chi connectivity index (χ3v) is 1.59. The van der Waals surface area contributed by atoms with Crippen LogP contribution in [0.25, 0.3) is 0 Å². The van der Waals surface area contributed by atoms with Crippen molar-refractivity contribution in [3.8, 4) is 17.2 Å². The molecule has 82 valence electrons. The number of ether oxygens (including phenoxy) is 2. The van der Waals surface area contributed by atoms with E-state index in [0.717, 1.165) is 0 Å². The predicted octanol–water partition coefficient (Wildman–Crippen LogP) is 0.689. The molecule has 0 fully saturated rings. The second kappa shape index (κ2) is 5.21. The second-order valence-corrected chi connectivity index (χ2v) is 2.69. The molecule has 5 nitrogen and oxygen atoms in total. The van der Waals surface area contributed by atoms with Crippen molar-refractivity contribution < 1.29 is 24.5 Å². The van der Waals surface area contributed by atoms with Crippen LogP contribution < -0.4 is 9.47 Å². The topological polar surface area (TPSA) is 76.0 Å². The van der Waals surface area contributed by atoms with Crippen molar-refractivity contribution in [2.45, 2.75) is 6.92 Å². The Kier molecular flexibility index (Phi) is 3.93. The second-order valence-electron chi connectivity index (χ2n) is 2.69. The summed E-state index contributed by atoms with van der Waals surface area (Å²) in [6.45, 7) is 1.47. The van der Waals surface area contributed by atoms with Gasteiger partial charge in [-0.1, -0.05) is 0 Å². The maximum absolute atomic E-state index is 10.8. The number of phenolic OH excluding ortho intramolecular Hbond substituents is 1. The van der Waals surface area contributed by atoms with Gasteiger partial charge in [0.2, 0.25) is 0 Å². The Morgan fingerprint density at radius 1 is 1.47 bits per heavy atom. The fourth-order valence-corrected chi connectivity index (χ4v) is 0.993. The molecule has 0 radical (unpaired) electrons. The van der Waals surface area contributed by atoms with Gasteiger partial charge in [0.1, 0.15) is 12.4 Å². The molecule has 0 unspecified atom stereocenters. The minimum Gasteiger partial charge on any atom is -0.504 e. The number of carbonyl (C=O) groups excluding carboxylic acids is 1. The number of aliphatic hydroxyl groups is 1. The van der Waals surface area contributed by atoms with Crippen molar-refractivity contribution in [2.75, 3.05) is 13.2 Å². The molecule has 0 spiro atoms. The van der Waals surface area contributed by atoms with Crippen molar-refractivity contribution in [1.82, 2.24) is 0 Å². The van der Waals surface area contributed by atoms with E-state index in [2.05, 4.69) is 0 Å². The highest BCUT2D eigenvalue weighted by Gasteiger charge is 2.07. The van der Waals surface area contributed by atoms with Gasteiger partial charge in [0, 0.05) is 6.07 Å². The zero-order valence-electron chi connectivity index (χ0n) is 8.27. The van der Waals surface area contributed by atoms with Crippen LogP contribution in [0.1, 0.15) is 6.92 Å². The highest BCUT2D eigenvalue weighted by Crippen LogP contribution is 2.30. The zero-order valence-corrected chi connectivity index (χ0v) is 8.27. The first-order valence-electron chi connectivity index (χ1n) is 4.44. The van der Waals surface area contributed by atoms with Gasteiger partial charge in [0.05, 0.1) is 6.61 Å². The molecule has 0 aromatic heterocycles. The lowest BCUT2D eigenvalue weighted by molar-refractivity contribution is -0.137. The fourth-order valence-electron chi connectivity index (χ4n) is 0.993. The predicted molar refractivity (Wildman–Crippen MR) is 52.0 cm³/mol. The molecule has 0 amide bonds. The van der Waals surface area contributed by atoms with Crippen LogP contribution in [0.3, 0.4) is 0 Å². The molecule has 0 bridgehead atoms. The fraction of sp³-hybridized carbons (Fsp3) is 0.300. The van der Waals surface area contributed by atoms with Crippen molar-refractivity contribution in [2.24, 2.45) is 0 Å². The van der Waals surface area contributed by atoms with Gasteiger partial charge in [-0.25, -0.2) is 4.79 Å². The number of hydrogen-bond acceptors (Lipinski definition) is 5. The van der Waals surface area contributed by atoms with Crippen molar-refractivity contribution in [3.05, 3.63) is 18.2 Å². The smallest absolute Gasteiger partial charge is 0.337 e. The minimum atomic E-state index is -0.761. The number of rotatable bonds is 4. The van der Waals surface area contributed by atoms with Crippen LogP contribution in [0.4, 0.5) is 0 Å². The third kappa shape index (κ3) is 3.14. The van der Waals surface area contributed by atoms with Crippen LogP contribution >= 0.6 is 0 Å². The molecule has 1 aromatic rings. The number of aromatic hydroxyl groups is 1. The van der Waals surface area contributed by atoms with Gasteiger partial charge < -0.3 is 19.7 Å². The zero-order chi connectivity index (χ0) is 11.3. The van der Waals surface area contributed by atoms with Crippen molar-refractivity contribution in [3.63, 3.8) is 0 Å². The molecule has 1 aromatic carbocycles. The van der Waals surface area contributed by atoms with Crippen LogP contribution in [0.15, 0.2) is 18.2 Å². The summed E-state index contributed by atoms with van der Waals surface area (Å²) in [6.07, 6.45) is 0. The molecule has 2 N–H and O–H groups in total. The highest BCUT2D eigenvalue weighted by molar-refractivity contribution is 5.73. The monoisotopic (exact) mass is 212 g/mol. The number of aliphatic hydroxyl groups excluding tert-OH is 1. The van der Waals surface area contributed by atoms with E-state index in [-0.39, 0.29) is 17.2 Å². The first-order valence-corrected chi connectivity index (χ1v) is 4.44. The normalized spacial score (nSPS) is 9.73. The maximum atomic E-state index is 10.8. The van der Waals surface area contributed by atoms with Crippen molar-refractivity contribution in [1.29, 1.82) is 0 Å². The molecule has 0 heterocycles. The van der Waals surface area contributed by atoms with E-state index < -0.39 is 12.6 Å². The van der Waals surface area contributed by atoms with Crippen LogP contribution in [0.2, 0.25) is 0 Å². The molecular formula is C10H12O5. The summed E-state index contributed by atoms with van der Waals surface area (Å²) in [5.41, 5.74) is 0. The molecule has 15 heavy (non-hydrogen) atoms. The summed E-state index contributed by atoms with van der Waals surface area (Å²) >= 11 is 0. The Morgan fingerprint density at radius 3 is 2.80 bits per heavy atom. The van der Waals surface area contributed by atoms with E-state index in [1.54, 1.807) is 6.92 Å². The Balaban J connectivity index is 2.82. The van der Waals surface area contributed by atoms with Crippen LogP contribution in [0.5, 0.6) is 17.2 Å². The lowest BCUT2D eigenvalue weighted by Gasteiger charge is -2.07. The standard InChI is InChI=1S/C10H12O5/c1-2-14-9-5-7(3-4-8(9)12)15-10(13)6-11/h3-5,11-12H,2,6H2,1H3. The summed E-state index contributed by atoms with van der Waals surface area (Å²) in [5, 5.41) is 17.8. The summed E-state index contributed by atoms with van der Waals surface area (Å²) in [7, 11) is 0. The van der Waals surface area contributed by atoms with Gasteiger partial charge in [0.25, 0.3) is 0 Å². The third-order valence-electron chi connectivity index (χ3n) is 1.59. The van der Waals surface area contributed by atoms with E-state index in [0.29, 0.717) is 6.61 Å². The Labute approximate surface area is 86.9 Å². The molecule has 5 heteroatoms. The van der Waals surface area contributed by atoms with E-state index >= 15 is 0 Å². The maximum Gasteiger partial charge on any atom is 0.337 e. The number of benzene rings is 1. The number of hydrogen-bond donors (Lipinski definition) is 2. The Hall–Kier alpha value is -1.75. The quantitative estimate of drug-likeness (QED) is 0.567. The average molecular weight is 212 g/mol. The highest BCUT2D eigenvalue weighted by atomic mass is 16.5. The largest absolute Gasteiger partial charge is 0.504 e. The van der Waals surface area contributed by atoms with Gasteiger partial charge in [0.15, 0.2) is 11.5 Å². The summed E-state index contributed by atoms with van der Waals surface area (Å²) in [6, 6.07) is 4.14. The van der Waals surface area contributed by atoms with Crippen LogP contribution in [0, 0.1) is 0 Å². The van der Waals surface area contributed by atoms with E-state index in [9.17, 15) is 9.90 Å². The lowest BCUT2D eigenvalue weighted by Crippen LogP contribution is -2.12. The molecule has 0 aliphatic heterocycles. The van der Waals surface area contributed by atoms with Crippen LogP contribution in [-0.4, -0.2) is 29.4 Å². The van der Waals surface area contributed by atoms with Gasteiger partial charge in [-0.15, -0.1) is 0 Å². The Bertz CT molecular complexity index is 348. The average Bonchev–Trinajstić information content (AvgIpc) is 2.23. The number of carbonyl (C=O) groups is 1. The summed E-state index contributed by atoms with van der Waals surface area (Å²) in [5.74, 6) is -0.333. The van der Waals surface area contributed by atoms with Gasteiger partial charge in [-0.2, -0.15) is 0 Å². The lowest BCUT2D eigenvalue weighted by atomic mass is 10.3. The van der Waals surface area contributed by atoms with E-state index in [4.69, 9.17) is 14.6 Å². The van der Waals surface area contributed by atoms with Gasteiger partial charge in [-0.05, 0) is 19.1 Å². The van der Waals surface area contributed by atoms with Crippen LogP contribution in [-0.2, 0) is 4.79 Å². The number of esters is 1. The molecule has 0 aliphatic carbocycles. The van der Waals surface area contributed by atoms with Crippen molar-refractivity contribution >= 4 is 5.97 Å². The summed E-state index contributed by atoms with van der Waals surface area (Å²) < 4.78 is 9.81.